The van der Waals surface area contributed by atoms with Crippen LogP contribution in [0.2, 0.25) is 5.02 Å². The molecule has 2 N–H and O–H groups in total. The van der Waals surface area contributed by atoms with Crippen LogP contribution in [0.5, 0.6) is 0 Å². The predicted molar refractivity (Wildman–Crippen MR) is 138 cm³/mol. The molecule has 1 saturated carbocycles. The SMILES string of the molecule is C=C\C(=C/C=C(C)/N=c1\[nH]c(=O)n([C@@H](C)[C@@H](C)C(=O)O)c(=O)n1Cc1ccc(Cl)cc1)OC1CCC1. The van der Waals surface area contributed by atoms with Gasteiger partial charge in [-0.05, 0) is 76.0 Å². The van der Waals surface area contributed by atoms with Gasteiger partial charge in [-0.1, -0.05) is 30.3 Å². The number of hydrogen-bond acceptors (Lipinski definition) is 5. The zero-order valence-electron chi connectivity index (χ0n) is 20.6. The first-order chi connectivity index (χ1) is 17.1. The van der Waals surface area contributed by atoms with Crippen molar-refractivity contribution < 1.29 is 14.6 Å². The smallest absolute Gasteiger partial charge is 0.335 e. The molecule has 1 aromatic carbocycles. The van der Waals surface area contributed by atoms with Gasteiger partial charge in [0.1, 0.15) is 5.76 Å². The Morgan fingerprint density at radius 1 is 1.28 bits per heavy atom. The van der Waals surface area contributed by atoms with Gasteiger partial charge in [0.05, 0.1) is 24.6 Å². The van der Waals surface area contributed by atoms with E-state index in [0.29, 0.717) is 16.5 Å². The molecule has 192 valence electrons. The van der Waals surface area contributed by atoms with E-state index >= 15 is 0 Å². The molecule has 0 amide bonds. The maximum atomic E-state index is 13.5. The van der Waals surface area contributed by atoms with Crippen LogP contribution in [0.1, 0.15) is 51.6 Å². The molecule has 0 unspecified atom stereocenters. The third-order valence-corrected chi connectivity index (χ3v) is 6.48. The molecule has 9 nitrogen and oxygen atoms in total. The summed E-state index contributed by atoms with van der Waals surface area (Å²) in [6.07, 6.45) is 8.44. The molecule has 1 aromatic heterocycles. The molecule has 1 aliphatic carbocycles. The number of carboxylic acids is 1. The standard InChI is InChI=1S/C26H31ClN4O5/c1-5-21(36-22-7-6-8-22)14-9-16(2)28-24-29-25(34)31(18(4)17(3)23(32)33)26(35)30(24)15-19-10-12-20(27)13-11-19/h5,9-14,17-18,22H,1,6-8,15H2,2-4H3,(H,32,33)(H,28,29,34)/b16-9+,21-14+/t17-,18+/m1/s1. The van der Waals surface area contributed by atoms with E-state index in [4.69, 9.17) is 16.3 Å². The van der Waals surface area contributed by atoms with Gasteiger partial charge in [-0.25, -0.2) is 19.1 Å². The number of halogens is 1. The largest absolute Gasteiger partial charge is 0.490 e. The molecule has 1 aliphatic rings. The van der Waals surface area contributed by atoms with E-state index in [2.05, 4.69) is 16.6 Å². The number of nitrogens with zero attached hydrogens (tertiary/aromatic N) is 3. The minimum atomic E-state index is -1.11. The quantitative estimate of drug-likeness (QED) is 0.369. The molecule has 0 spiro atoms. The molecule has 2 atom stereocenters. The zero-order valence-corrected chi connectivity index (χ0v) is 21.4. The van der Waals surface area contributed by atoms with Crippen LogP contribution in [0.25, 0.3) is 0 Å². The van der Waals surface area contributed by atoms with Crippen molar-refractivity contribution in [2.45, 2.75) is 58.7 Å². The van der Waals surface area contributed by atoms with Gasteiger partial charge in [0.2, 0.25) is 5.62 Å². The number of nitrogens with one attached hydrogen (secondary N) is 1. The van der Waals surface area contributed by atoms with Gasteiger partial charge in [-0.3, -0.25) is 14.3 Å². The molecule has 10 heteroatoms. The van der Waals surface area contributed by atoms with Crippen LogP contribution in [0.3, 0.4) is 0 Å². The van der Waals surface area contributed by atoms with Crippen LogP contribution in [0.4, 0.5) is 0 Å². The maximum absolute atomic E-state index is 13.5. The topological polar surface area (TPSA) is 119 Å². The summed E-state index contributed by atoms with van der Waals surface area (Å²) < 4.78 is 8.07. The highest BCUT2D eigenvalue weighted by Crippen LogP contribution is 2.24. The second-order valence-electron chi connectivity index (χ2n) is 8.85. The van der Waals surface area contributed by atoms with Crippen molar-refractivity contribution in [3.8, 4) is 0 Å². The Hall–Kier alpha value is -3.59. The van der Waals surface area contributed by atoms with E-state index < -0.39 is 29.3 Å². The number of aromatic amines is 1. The van der Waals surface area contributed by atoms with E-state index in [0.717, 1.165) is 29.4 Å². The number of allylic oxidation sites excluding steroid dienone is 4. The Kier molecular flexibility index (Phi) is 8.93. The summed E-state index contributed by atoms with van der Waals surface area (Å²) >= 11 is 5.99. The summed E-state index contributed by atoms with van der Waals surface area (Å²) in [5.41, 5.74) is -0.115. The van der Waals surface area contributed by atoms with Crippen molar-refractivity contribution in [3.05, 3.63) is 97.7 Å². The van der Waals surface area contributed by atoms with E-state index in [9.17, 15) is 19.5 Å². The fourth-order valence-corrected chi connectivity index (χ4v) is 3.69. The van der Waals surface area contributed by atoms with Gasteiger partial charge in [0.25, 0.3) is 0 Å². The number of carboxylic acid groups (broad SMARTS) is 1. The lowest BCUT2D eigenvalue weighted by Crippen LogP contribution is -2.52. The van der Waals surface area contributed by atoms with Crippen LogP contribution < -0.4 is 17.0 Å². The molecule has 3 rings (SSSR count). The van der Waals surface area contributed by atoms with Crippen molar-refractivity contribution in [1.29, 1.82) is 0 Å². The zero-order chi connectivity index (χ0) is 26.4. The highest BCUT2D eigenvalue weighted by atomic mass is 35.5. The highest BCUT2D eigenvalue weighted by molar-refractivity contribution is 6.30. The average molecular weight is 515 g/mol. The fourth-order valence-electron chi connectivity index (χ4n) is 3.57. The summed E-state index contributed by atoms with van der Waals surface area (Å²) in [6, 6.07) is 6.03. The normalized spacial score (nSPS) is 16.8. The van der Waals surface area contributed by atoms with Crippen molar-refractivity contribution in [2.75, 3.05) is 0 Å². The summed E-state index contributed by atoms with van der Waals surface area (Å²) in [5.74, 6) is -1.46. The molecule has 0 bridgehead atoms. The van der Waals surface area contributed by atoms with E-state index in [1.807, 2.05) is 0 Å². The van der Waals surface area contributed by atoms with Crippen LogP contribution >= 0.6 is 11.6 Å². The van der Waals surface area contributed by atoms with Crippen molar-refractivity contribution in [2.24, 2.45) is 10.9 Å². The Balaban J connectivity index is 2.10. The van der Waals surface area contributed by atoms with Crippen LogP contribution in [-0.2, 0) is 16.1 Å². The Morgan fingerprint density at radius 3 is 2.50 bits per heavy atom. The number of benzene rings is 1. The third-order valence-electron chi connectivity index (χ3n) is 6.23. The number of aliphatic carboxylic acids is 1. The molecule has 0 saturated heterocycles. The molecular weight excluding hydrogens is 484 g/mol. The molecule has 36 heavy (non-hydrogen) atoms. The van der Waals surface area contributed by atoms with E-state index in [-0.39, 0.29) is 18.3 Å². The number of carbonyl (C=O) groups is 1. The Bertz CT molecular complexity index is 1360. The second kappa shape index (κ2) is 11.9. The average Bonchev–Trinajstić information content (AvgIpc) is 2.81. The molecule has 2 aromatic rings. The van der Waals surface area contributed by atoms with Crippen molar-refractivity contribution in [1.82, 2.24) is 14.1 Å². The minimum Gasteiger partial charge on any atom is -0.490 e. The maximum Gasteiger partial charge on any atom is 0.335 e. The molecule has 1 fully saturated rings. The van der Waals surface area contributed by atoms with Gasteiger partial charge in [-0.2, -0.15) is 0 Å². The van der Waals surface area contributed by atoms with Crippen molar-refractivity contribution >= 4 is 17.6 Å². The lowest BCUT2D eigenvalue weighted by atomic mass is 9.96. The summed E-state index contributed by atoms with van der Waals surface area (Å²) in [5, 5.41) is 9.95. The number of aromatic nitrogens is 3. The van der Waals surface area contributed by atoms with Crippen molar-refractivity contribution in [3.63, 3.8) is 0 Å². The highest BCUT2D eigenvalue weighted by Gasteiger charge is 2.25. The predicted octanol–water partition coefficient (Wildman–Crippen LogP) is 3.77. The van der Waals surface area contributed by atoms with E-state index in [1.165, 1.54) is 18.4 Å². The summed E-state index contributed by atoms with van der Waals surface area (Å²) in [4.78, 5) is 45.0. The second-order valence-corrected chi connectivity index (χ2v) is 9.29. The van der Waals surface area contributed by atoms with Crippen LogP contribution in [0.15, 0.2) is 75.1 Å². The number of H-pyrrole nitrogens is 1. The first-order valence-corrected chi connectivity index (χ1v) is 12.1. The van der Waals surface area contributed by atoms with Gasteiger partial charge in [0.15, 0.2) is 0 Å². The molecule has 0 radical (unpaired) electrons. The number of ether oxygens (including phenoxy) is 1. The van der Waals surface area contributed by atoms with Gasteiger partial charge in [-0.15, -0.1) is 0 Å². The summed E-state index contributed by atoms with van der Waals surface area (Å²) in [6.45, 7) is 8.56. The summed E-state index contributed by atoms with van der Waals surface area (Å²) in [7, 11) is 0. The van der Waals surface area contributed by atoms with Gasteiger partial charge in [0, 0.05) is 10.7 Å². The molecule has 0 aliphatic heterocycles. The Morgan fingerprint density at radius 2 is 1.94 bits per heavy atom. The number of hydrogen-bond donors (Lipinski definition) is 2. The number of rotatable bonds is 10. The van der Waals surface area contributed by atoms with Gasteiger partial charge >= 0.3 is 17.3 Å². The van der Waals surface area contributed by atoms with Gasteiger partial charge < -0.3 is 9.84 Å². The Labute approximate surface area is 213 Å². The van der Waals surface area contributed by atoms with Crippen LogP contribution in [0, 0.1) is 5.92 Å². The minimum absolute atomic E-state index is 0.0357. The fraction of sp³-hybridized carbons (Fsp3) is 0.385. The monoisotopic (exact) mass is 514 g/mol. The third kappa shape index (κ3) is 6.54. The lowest BCUT2D eigenvalue weighted by molar-refractivity contribution is -0.142. The van der Waals surface area contributed by atoms with Crippen LogP contribution in [-0.4, -0.2) is 31.3 Å². The molecular formula is C26H31ClN4O5. The lowest BCUT2D eigenvalue weighted by Gasteiger charge is -2.26. The first kappa shape index (κ1) is 27.0. The van der Waals surface area contributed by atoms with E-state index in [1.54, 1.807) is 49.4 Å². The molecule has 1 heterocycles. The first-order valence-electron chi connectivity index (χ1n) is 11.8.